The molecule has 0 N–H and O–H groups in total. The molecule has 0 aromatic heterocycles. The van der Waals surface area contributed by atoms with Gasteiger partial charge in [0.2, 0.25) is 5.91 Å². The first-order valence-electron chi connectivity index (χ1n) is 8.67. The van der Waals surface area contributed by atoms with E-state index in [2.05, 4.69) is 25.1 Å². The van der Waals surface area contributed by atoms with E-state index in [0.29, 0.717) is 18.5 Å². The van der Waals surface area contributed by atoms with Crippen molar-refractivity contribution in [1.29, 1.82) is 5.26 Å². The van der Waals surface area contributed by atoms with Crippen LogP contribution < -0.4 is 0 Å². The largest absolute Gasteiger partial charge is 0.338 e. The minimum atomic E-state index is 0.208. The second kappa shape index (κ2) is 10.6. The highest BCUT2D eigenvalue weighted by Crippen LogP contribution is 2.19. The molecule has 0 saturated heterocycles. The van der Waals surface area contributed by atoms with Gasteiger partial charge in [-0.15, -0.1) is 11.8 Å². The zero-order valence-electron chi connectivity index (χ0n) is 14.6. The van der Waals surface area contributed by atoms with Crippen molar-refractivity contribution in [2.75, 3.05) is 12.3 Å². The van der Waals surface area contributed by atoms with Crippen LogP contribution in [0, 0.1) is 11.3 Å². The van der Waals surface area contributed by atoms with Crippen molar-refractivity contribution in [3.8, 4) is 6.07 Å². The number of rotatable bonds is 9. The minimum Gasteiger partial charge on any atom is -0.338 e. The summed E-state index contributed by atoms with van der Waals surface area (Å²) in [4.78, 5) is 15.7. The normalized spacial score (nSPS) is 10.2. The van der Waals surface area contributed by atoms with Crippen LogP contribution in [-0.4, -0.2) is 23.1 Å². The average molecular weight is 353 g/mol. The Balaban J connectivity index is 1.81. The molecule has 0 atom stereocenters. The fourth-order valence-corrected chi connectivity index (χ4v) is 3.43. The van der Waals surface area contributed by atoms with Crippen molar-refractivity contribution >= 4 is 17.7 Å². The highest BCUT2D eigenvalue weighted by atomic mass is 32.2. The van der Waals surface area contributed by atoms with Gasteiger partial charge in [-0.1, -0.05) is 37.3 Å². The van der Waals surface area contributed by atoms with E-state index < -0.39 is 0 Å². The summed E-state index contributed by atoms with van der Waals surface area (Å²) in [6, 6.07) is 19.9. The Morgan fingerprint density at radius 2 is 1.84 bits per heavy atom. The number of carbonyl (C=O) groups excluding carboxylic acids is 1. The molecule has 4 heteroatoms. The number of nitrogens with zero attached hydrogens (tertiary/aromatic N) is 2. The van der Waals surface area contributed by atoms with Crippen LogP contribution in [0.5, 0.6) is 0 Å². The van der Waals surface area contributed by atoms with Crippen LogP contribution in [0.4, 0.5) is 0 Å². The number of thioether (sulfide) groups is 1. The molecule has 0 aliphatic heterocycles. The third-order valence-corrected chi connectivity index (χ3v) is 4.95. The number of amides is 1. The Bertz CT molecular complexity index is 692. The molecule has 0 unspecified atom stereocenters. The SMILES string of the molecule is CCCN(Cc1ccc(C#N)cc1)C(=O)CCCSc1ccccc1. The molecule has 2 aromatic carbocycles. The van der Waals surface area contributed by atoms with Gasteiger partial charge in [-0.2, -0.15) is 5.26 Å². The summed E-state index contributed by atoms with van der Waals surface area (Å²) in [5.74, 6) is 1.16. The van der Waals surface area contributed by atoms with E-state index in [0.717, 1.165) is 30.7 Å². The van der Waals surface area contributed by atoms with Crippen LogP contribution in [0.15, 0.2) is 59.5 Å². The van der Waals surface area contributed by atoms with Crippen LogP contribution in [0.3, 0.4) is 0 Å². The van der Waals surface area contributed by atoms with E-state index in [1.165, 1.54) is 4.90 Å². The second-order valence-corrected chi connectivity index (χ2v) is 7.06. The van der Waals surface area contributed by atoms with Crippen molar-refractivity contribution in [1.82, 2.24) is 4.90 Å². The van der Waals surface area contributed by atoms with Crippen LogP contribution in [-0.2, 0) is 11.3 Å². The van der Waals surface area contributed by atoms with E-state index in [-0.39, 0.29) is 5.91 Å². The molecule has 0 aliphatic rings. The number of nitriles is 1. The third kappa shape index (κ3) is 6.64. The molecule has 0 heterocycles. The maximum absolute atomic E-state index is 12.5. The summed E-state index contributed by atoms with van der Waals surface area (Å²) in [5, 5.41) is 8.87. The van der Waals surface area contributed by atoms with E-state index in [1.54, 1.807) is 23.9 Å². The topological polar surface area (TPSA) is 44.1 Å². The van der Waals surface area contributed by atoms with Crippen LogP contribution in [0.1, 0.15) is 37.3 Å². The molecule has 130 valence electrons. The first-order valence-corrected chi connectivity index (χ1v) is 9.66. The van der Waals surface area contributed by atoms with Gasteiger partial charge in [-0.05, 0) is 48.4 Å². The summed E-state index contributed by atoms with van der Waals surface area (Å²) in [6.45, 7) is 3.47. The van der Waals surface area contributed by atoms with E-state index >= 15 is 0 Å². The third-order valence-electron chi connectivity index (χ3n) is 3.85. The number of hydrogen-bond donors (Lipinski definition) is 0. The van der Waals surface area contributed by atoms with Crippen molar-refractivity contribution < 1.29 is 4.79 Å². The minimum absolute atomic E-state index is 0.208. The zero-order chi connectivity index (χ0) is 17.9. The van der Waals surface area contributed by atoms with Gasteiger partial charge in [0.25, 0.3) is 0 Å². The lowest BCUT2D eigenvalue weighted by Gasteiger charge is -2.22. The Morgan fingerprint density at radius 1 is 1.12 bits per heavy atom. The Hall–Kier alpha value is -2.25. The summed E-state index contributed by atoms with van der Waals surface area (Å²) < 4.78 is 0. The molecular formula is C21H24N2OS. The fraction of sp³-hybridized carbons (Fsp3) is 0.333. The molecule has 3 nitrogen and oxygen atoms in total. The van der Waals surface area contributed by atoms with Gasteiger partial charge < -0.3 is 4.90 Å². The predicted molar refractivity (Wildman–Crippen MR) is 103 cm³/mol. The predicted octanol–water partition coefficient (Wildman–Crippen LogP) is 4.87. The molecule has 25 heavy (non-hydrogen) atoms. The summed E-state index contributed by atoms with van der Waals surface area (Å²) >= 11 is 1.79. The van der Waals surface area contributed by atoms with E-state index in [1.807, 2.05) is 35.2 Å². The van der Waals surface area contributed by atoms with Crippen molar-refractivity contribution in [3.05, 3.63) is 65.7 Å². The second-order valence-electron chi connectivity index (χ2n) is 5.89. The van der Waals surface area contributed by atoms with Gasteiger partial charge in [0.05, 0.1) is 11.6 Å². The Labute approximate surface area is 154 Å². The van der Waals surface area contributed by atoms with Gasteiger partial charge in [0.1, 0.15) is 0 Å². The summed E-state index contributed by atoms with van der Waals surface area (Å²) in [7, 11) is 0. The smallest absolute Gasteiger partial charge is 0.222 e. The van der Waals surface area contributed by atoms with Gasteiger partial charge in [0.15, 0.2) is 0 Å². The van der Waals surface area contributed by atoms with Crippen LogP contribution in [0.2, 0.25) is 0 Å². The van der Waals surface area contributed by atoms with E-state index in [9.17, 15) is 4.79 Å². The lowest BCUT2D eigenvalue weighted by atomic mass is 10.1. The molecule has 1 amide bonds. The van der Waals surface area contributed by atoms with Crippen molar-refractivity contribution in [2.24, 2.45) is 0 Å². The van der Waals surface area contributed by atoms with Gasteiger partial charge in [-0.3, -0.25) is 4.79 Å². The van der Waals surface area contributed by atoms with Crippen molar-refractivity contribution in [2.45, 2.75) is 37.6 Å². The maximum Gasteiger partial charge on any atom is 0.222 e. The lowest BCUT2D eigenvalue weighted by molar-refractivity contribution is -0.131. The van der Waals surface area contributed by atoms with Crippen molar-refractivity contribution in [3.63, 3.8) is 0 Å². The Kier molecular flexibility index (Phi) is 8.08. The van der Waals surface area contributed by atoms with Gasteiger partial charge in [-0.25, -0.2) is 0 Å². The quantitative estimate of drug-likeness (QED) is 0.478. The fourth-order valence-electron chi connectivity index (χ4n) is 2.56. The highest BCUT2D eigenvalue weighted by molar-refractivity contribution is 7.99. The van der Waals surface area contributed by atoms with Crippen LogP contribution in [0.25, 0.3) is 0 Å². The van der Waals surface area contributed by atoms with Gasteiger partial charge >= 0.3 is 0 Å². The highest BCUT2D eigenvalue weighted by Gasteiger charge is 2.13. The summed E-state index contributed by atoms with van der Waals surface area (Å²) in [6.07, 6.45) is 2.41. The van der Waals surface area contributed by atoms with Gasteiger partial charge in [0, 0.05) is 24.4 Å². The van der Waals surface area contributed by atoms with E-state index in [4.69, 9.17) is 5.26 Å². The number of carbonyl (C=O) groups is 1. The molecular weight excluding hydrogens is 328 g/mol. The standard InChI is InChI=1S/C21H24N2OS/c1-2-14-23(17-19-12-10-18(16-22)11-13-19)21(24)9-6-15-25-20-7-4-3-5-8-20/h3-5,7-8,10-13H,2,6,9,14-15,17H2,1H3. The Morgan fingerprint density at radius 3 is 2.48 bits per heavy atom. The molecule has 0 bridgehead atoms. The first kappa shape index (κ1) is 19.1. The lowest BCUT2D eigenvalue weighted by Crippen LogP contribution is -2.31. The average Bonchev–Trinajstić information content (AvgIpc) is 2.66. The molecule has 2 rings (SSSR count). The first-order chi connectivity index (χ1) is 12.2. The number of hydrogen-bond acceptors (Lipinski definition) is 3. The summed E-state index contributed by atoms with van der Waals surface area (Å²) in [5.41, 5.74) is 1.72. The molecule has 0 radical (unpaired) electrons. The number of benzene rings is 2. The molecule has 0 fully saturated rings. The maximum atomic E-state index is 12.5. The molecule has 2 aromatic rings. The molecule has 0 spiro atoms. The van der Waals surface area contributed by atoms with Crippen LogP contribution >= 0.6 is 11.8 Å². The molecule has 0 aliphatic carbocycles. The zero-order valence-corrected chi connectivity index (χ0v) is 15.5. The monoisotopic (exact) mass is 352 g/mol. The molecule has 0 saturated carbocycles.